The van der Waals surface area contributed by atoms with Gasteiger partial charge in [0.15, 0.2) is 0 Å². The maximum atomic E-state index is 4.55. The standard InChI is InChI=1S/C15H18N4/c1-11-9-15(18-12(2)17-11)19-8-5-14(10-19)13-3-6-16-7-4-13/h3-4,6-7,9,14H,5,8,10H2,1-2H3. The average Bonchev–Trinajstić information content (AvgIpc) is 2.88. The van der Waals surface area contributed by atoms with E-state index >= 15 is 0 Å². The molecule has 98 valence electrons. The summed E-state index contributed by atoms with van der Waals surface area (Å²) in [5.41, 5.74) is 2.41. The van der Waals surface area contributed by atoms with Crippen LogP contribution in [-0.2, 0) is 0 Å². The lowest BCUT2D eigenvalue weighted by atomic mass is 10.00. The topological polar surface area (TPSA) is 41.9 Å². The Labute approximate surface area is 113 Å². The van der Waals surface area contributed by atoms with E-state index in [9.17, 15) is 0 Å². The van der Waals surface area contributed by atoms with Crippen LogP contribution in [-0.4, -0.2) is 28.0 Å². The van der Waals surface area contributed by atoms with Crippen molar-refractivity contribution in [2.75, 3.05) is 18.0 Å². The minimum Gasteiger partial charge on any atom is -0.356 e. The lowest BCUT2D eigenvalue weighted by Crippen LogP contribution is -2.21. The fourth-order valence-corrected chi connectivity index (χ4v) is 2.74. The Bertz CT molecular complexity index is 547. The minimum atomic E-state index is 0.582. The van der Waals surface area contributed by atoms with E-state index in [-0.39, 0.29) is 0 Å². The molecule has 3 heterocycles. The summed E-state index contributed by atoms with van der Waals surface area (Å²) < 4.78 is 0. The number of hydrogen-bond acceptors (Lipinski definition) is 4. The SMILES string of the molecule is Cc1cc(N2CCC(c3ccncc3)C2)nc(C)n1. The summed E-state index contributed by atoms with van der Waals surface area (Å²) in [5.74, 6) is 2.49. The van der Waals surface area contributed by atoms with Crippen molar-refractivity contribution in [3.8, 4) is 0 Å². The fraction of sp³-hybridized carbons (Fsp3) is 0.400. The van der Waals surface area contributed by atoms with Crippen LogP contribution in [0.3, 0.4) is 0 Å². The Hall–Kier alpha value is -1.97. The second kappa shape index (κ2) is 4.96. The molecule has 19 heavy (non-hydrogen) atoms. The molecule has 4 heteroatoms. The second-order valence-corrected chi connectivity index (χ2v) is 5.13. The number of anilines is 1. The summed E-state index contributed by atoms with van der Waals surface area (Å²) in [6.07, 6.45) is 4.92. The van der Waals surface area contributed by atoms with Crippen LogP contribution < -0.4 is 4.90 Å². The van der Waals surface area contributed by atoms with Crippen molar-refractivity contribution in [2.24, 2.45) is 0 Å². The zero-order valence-corrected chi connectivity index (χ0v) is 11.4. The molecule has 0 aromatic carbocycles. The van der Waals surface area contributed by atoms with Crippen LogP contribution >= 0.6 is 0 Å². The van der Waals surface area contributed by atoms with Crippen molar-refractivity contribution in [1.29, 1.82) is 0 Å². The minimum absolute atomic E-state index is 0.582. The highest BCUT2D eigenvalue weighted by atomic mass is 15.2. The zero-order chi connectivity index (χ0) is 13.2. The number of pyridine rings is 1. The lowest BCUT2D eigenvalue weighted by molar-refractivity contribution is 0.771. The molecule has 4 nitrogen and oxygen atoms in total. The first kappa shape index (κ1) is 12.1. The number of nitrogens with zero attached hydrogens (tertiary/aromatic N) is 4. The van der Waals surface area contributed by atoms with Crippen LogP contribution in [0.4, 0.5) is 5.82 Å². The predicted octanol–water partition coefficient (Wildman–Crippen LogP) is 2.48. The molecule has 0 spiro atoms. The van der Waals surface area contributed by atoms with E-state index in [0.717, 1.165) is 30.4 Å². The van der Waals surface area contributed by atoms with Crippen molar-refractivity contribution in [1.82, 2.24) is 15.0 Å². The highest BCUT2D eigenvalue weighted by molar-refractivity contribution is 5.42. The Morgan fingerprint density at radius 1 is 1.16 bits per heavy atom. The summed E-state index contributed by atoms with van der Waals surface area (Å²) in [6, 6.07) is 6.30. The molecule has 2 aromatic rings. The quantitative estimate of drug-likeness (QED) is 0.825. The van der Waals surface area contributed by atoms with Gasteiger partial charge in [-0.3, -0.25) is 4.98 Å². The third-order valence-electron chi connectivity index (χ3n) is 3.64. The lowest BCUT2D eigenvalue weighted by Gasteiger charge is -2.18. The molecule has 0 amide bonds. The van der Waals surface area contributed by atoms with Gasteiger partial charge in [-0.25, -0.2) is 9.97 Å². The van der Waals surface area contributed by atoms with E-state index in [0.29, 0.717) is 5.92 Å². The Balaban J connectivity index is 1.79. The molecule has 0 radical (unpaired) electrons. The number of hydrogen-bond donors (Lipinski definition) is 0. The normalized spacial score (nSPS) is 18.8. The zero-order valence-electron chi connectivity index (χ0n) is 11.4. The van der Waals surface area contributed by atoms with Gasteiger partial charge in [0, 0.05) is 43.2 Å². The summed E-state index contributed by atoms with van der Waals surface area (Å²) >= 11 is 0. The maximum Gasteiger partial charge on any atom is 0.132 e. The first-order valence-electron chi connectivity index (χ1n) is 6.69. The van der Waals surface area contributed by atoms with Gasteiger partial charge in [-0.1, -0.05) is 0 Å². The fourth-order valence-electron chi connectivity index (χ4n) is 2.74. The highest BCUT2D eigenvalue weighted by Gasteiger charge is 2.24. The van der Waals surface area contributed by atoms with Crippen LogP contribution in [0.2, 0.25) is 0 Å². The van der Waals surface area contributed by atoms with E-state index < -0.39 is 0 Å². The van der Waals surface area contributed by atoms with Crippen LogP contribution in [0.15, 0.2) is 30.6 Å². The van der Waals surface area contributed by atoms with Crippen LogP contribution in [0.25, 0.3) is 0 Å². The predicted molar refractivity (Wildman–Crippen MR) is 75.3 cm³/mol. The smallest absolute Gasteiger partial charge is 0.132 e. The number of aryl methyl sites for hydroxylation is 2. The Kier molecular flexibility index (Phi) is 3.15. The molecule has 0 N–H and O–H groups in total. The van der Waals surface area contributed by atoms with Gasteiger partial charge in [0.05, 0.1) is 0 Å². The van der Waals surface area contributed by atoms with E-state index in [2.05, 4.69) is 38.1 Å². The van der Waals surface area contributed by atoms with E-state index in [1.165, 1.54) is 12.0 Å². The Morgan fingerprint density at radius 3 is 2.68 bits per heavy atom. The van der Waals surface area contributed by atoms with Crippen molar-refractivity contribution >= 4 is 5.82 Å². The molecular formula is C15H18N4. The molecular weight excluding hydrogens is 236 g/mol. The van der Waals surface area contributed by atoms with Crippen LogP contribution in [0.1, 0.15) is 29.4 Å². The molecule has 1 unspecified atom stereocenters. The first-order chi connectivity index (χ1) is 9.22. The third-order valence-corrected chi connectivity index (χ3v) is 3.64. The van der Waals surface area contributed by atoms with E-state index in [4.69, 9.17) is 0 Å². The van der Waals surface area contributed by atoms with Crippen LogP contribution in [0.5, 0.6) is 0 Å². The van der Waals surface area contributed by atoms with Gasteiger partial charge in [-0.15, -0.1) is 0 Å². The number of rotatable bonds is 2. The van der Waals surface area contributed by atoms with Gasteiger partial charge in [0.1, 0.15) is 11.6 Å². The second-order valence-electron chi connectivity index (χ2n) is 5.13. The molecule has 0 aliphatic carbocycles. The van der Waals surface area contributed by atoms with Gasteiger partial charge in [-0.05, 0) is 38.0 Å². The van der Waals surface area contributed by atoms with Gasteiger partial charge in [-0.2, -0.15) is 0 Å². The molecule has 1 aliphatic heterocycles. The van der Waals surface area contributed by atoms with Crippen molar-refractivity contribution < 1.29 is 0 Å². The van der Waals surface area contributed by atoms with E-state index in [1.807, 2.05) is 26.2 Å². The molecule has 1 saturated heterocycles. The molecule has 1 fully saturated rings. The van der Waals surface area contributed by atoms with Gasteiger partial charge in [0.2, 0.25) is 0 Å². The van der Waals surface area contributed by atoms with Gasteiger partial charge < -0.3 is 4.90 Å². The monoisotopic (exact) mass is 254 g/mol. The molecule has 0 bridgehead atoms. The van der Waals surface area contributed by atoms with Gasteiger partial charge in [0.25, 0.3) is 0 Å². The molecule has 1 atom stereocenters. The van der Waals surface area contributed by atoms with E-state index in [1.54, 1.807) is 0 Å². The summed E-state index contributed by atoms with van der Waals surface area (Å²) in [4.78, 5) is 15.3. The van der Waals surface area contributed by atoms with Crippen molar-refractivity contribution in [2.45, 2.75) is 26.2 Å². The van der Waals surface area contributed by atoms with Gasteiger partial charge >= 0.3 is 0 Å². The molecule has 1 aliphatic rings. The summed E-state index contributed by atoms with van der Waals surface area (Å²) in [5, 5.41) is 0. The van der Waals surface area contributed by atoms with Crippen molar-refractivity contribution in [3.05, 3.63) is 47.7 Å². The molecule has 2 aromatic heterocycles. The van der Waals surface area contributed by atoms with Crippen LogP contribution in [0, 0.1) is 13.8 Å². The molecule has 3 rings (SSSR count). The highest BCUT2D eigenvalue weighted by Crippen LogP contribution is 2.29. The molecule has 0 saturated carbocycles. The van der Waals surface area contributed by atoms with Crippen molar-refractivity contribution in [3.63, 3.8) is 0 Å². The maximum absolute atomic E-state index is 4.55. The summed E-state index contributed by atoms with van der Waals surface area (Å²) in [7, 11) is 0. The summed E-state index contributed by atoms with van der Waals surface area (Å²) in [6.45, 7) is 6.06. The largest absolute Gasteiger partial charge is 0.356 e. The number of aromatic nitrogens is 3. The third kappa shape index (κ3) is 2.57. The average molecular weight is 254 g/mol. The Morgan fingerprint density at radius 2 is 1.95 bits per heavy atom. The first-order valence-corrected chi connectivity index (χ1v) is 6.69.